The Morgan fingerprint density at radius 3 is 2.03 bits per heavy atom. The Bertz CT molecular complexity index is 1290. The number of aromatic nitrogens is 2. The Hall–Kier alpha value is -4.23. The molecule has 0 saturated carbocycles. The lowest BCUT2D eigenvalue weighted by atomic mass is 9.87. The van der Waals surface area contributed by atoms with Gasteiger partial charge in [-0.2, -0.15) is 5.10 Å². The van der Waals surface area contributed by atoms with E-state index in [0.29, 0.717) is 6.54 Å². The van der Waals surface area contributed by atoms with Crippen molar-refractivity contribution in [3.63, 3.8) is 0 Å². The molecule has 0 radical (unpaired) electrons. The second-order valence-electron chi connectivity index (χ2n) is 9.20. The summed E-state index contributed by atoms with van der Waals surface area (Å²) in [6.07, 6.45) is -0.571. The van der Waals surface area contributed by atoms with Gasteiger partial charge >= 0.3 is 17.9 Å². The quantitative estimate of drug-likeness (QED) is 0.270. The first kappa shape index (κ1) is 29.3. The third-order valence-electron chi connectivity index (χ3n) is 6.29. The normalized spacial score (nSPS) is 17.3. The van der Waals surface area contributed by atoms with E-state index in [1.54, 1.807) is 12.3 Å². The molecule has 4 rings (SSSR count). The summed E-state index contributed by atoms with van der Waals surface area (Å²) in [5.74, 6) is -6.61. The number of rotatable bonds is 9. The molecule has 39 heavy (non-hydrogen) atoms. The smallest absolute Gasteiger partial charge is 0.336 e. The Balaban J connectivity index is 0.000000276. The number of carbonyl (C=O) groups is 3. The van der Waals surface area contributed by atoms with Crippen LogP contribution in [-0.4, -0.2) is 72.1 Å². The number of carboxylic acids is 3. The van der Waals surface area contributed by atoms with Gasteiger partial charge in [0.25, 0.3) is 0 Å². The Labute approximate surface area is 220 Å². The SMILES string of the molecule is Fc1ccc([C@@H]2CN(Cc3ccc(F)c(F)c3)C[C@H]2c2ccn[nH]2)cc1.O=C(O)CC(O)(CC(=O)O)C(=O)O. The highest BCUT2D eigenvalue weighted by atomic mass is 19.2. The summed E-state index contributed by atoms with van der Waals surface area (Å²) < 4.78 is 39.9. The zero-order valence-corrected chi connectivity index (χ0v) is 20.4. The van der Waals surface area contributed by atoms with Crippen LogP contribution in [0.4, 0.5) is 13.2 Å². The number of nitrogens with one attached hydrogen (secondary N) is 1. The number of hydrogen-bond acceptors (Lipinski definition) is 6. The van der Waals surface area contributed by atoms with Gasteiger partial charge in [0, 0.05) is 43.4 Å². The minimum absolute atomic E-state index is 0.168. The van der Waals surface area contributed by atoms with Gasteiger partial charge < -0.3 is 20.4 Å². The van der Waals surface area contributed by atoms with E-state index in [0.717, 1.165) is 36.0 Å². The van der Waals surface area contributed by atoms with Gasteiger partial charge in [-0.3, -0.25) is 19.6 Å². The van der Waals surface area contributed by atoms with Crippen LogP contribution in [0.15, 0.2) is 54.7 Å². The fraction of sp³-hybridized carbons (Fsp3) is 0.308. The molecule has 1 fully saturated rings. The van der Waals surface area contributed by atoms with Crippen LogP contribution in [0.5, 0.6) is 0 Å². The van der Waals surface area contributed by atoms with E-state index in [1.165, 1.54) is 18.2 Å². The number of aromatic amines is 1. The van der Waals surface area contributed by atoms with E-state index in [2.05, 4.69) is 15.1 Å². The van der Waals surface area contributed by atoms with E-state index in [4.69, 9.17) is 20.4 Å². The van der Waals surface area contributed by atoms with Crippen LogP contribution in [0, 0.1) is 17.5 Å². The second-order valence-corrected chi connectivity index (χ2v) is 9.20. The van der Waals surface area contributed by atoms with Crippen LogP contribution in [-0.2, 0) is 20.9 Å². The number of hydrogen-bond donors (Lipinski definition) is 5. The molecule has 0 amide bonds. The molecule has 2 atom stereocenters. The third-order valence-corrected chi connectivity index (χ3v) is 6.29. The first-order valence-corrected chi connectivity index (χ1v) is 11.7. The number of likely N-dealkylation sites (tertiary alicyclic amines) is 1. The topological polar surface area (TPSA) is 164 Å². The average Bonchev–Trinajstić information content (AvgIpc) is 3.51. The molecule has 0 aliphatic carbocycles. The molecule has 0 bridgehead atoms. The van der Waals surface area contributed by atoms with Crippen LogP contribution in [0.1, 0.15) is 41.5 Å². The van der Waals surface area contributed by atoms with Crippen LogP contribution in [0.25, 0.3) is 0 Å². The minimum atomic E-state index is -2.74. The molecule has 5 N–H and O–H groups in total. The van der Waals surface area contributed by atoms with Gasteiger partial charge in [-0.05, 0) is 41.5 Å². The van der Waals surface area contributed by atoms with Crippen molar-refractivity contribution in [2.75, 3.05) is 13.1 Å². The molecule has 0 unspecified atom stereocenters. The van der Waals surface area contributed by atoms with Crippen molar-refractivity contribution in [1.82, 2.24) is 15.1 Å². The summed E-state index contributed by atoms with van der Waals surface area (Å²) in [7, 11) is 0. The standard InChI is InChI=1S/C20H18F3N3.C6H8O7/c21-15-4-2-14(3-5-15)16-11-26(12-17(16)20-7-8-24-25-20)10-13-1-6-18(22)19(23)9-13;7-3(8)1-6(13,5(11)12)2-4(9)10/h1-9,16-17H,10-12H2,(H,24,25);13H,1-2H2,(H,7,8)(H,9,10)(H,11,12)/t16-,17+;/m0./s1. The Morgan fingerprint density at radius 1 is 0.897 bits per heavy atom. The first-order chi connectivity index (χ1) is 18.4. The molecule has 2 aromatic carbocycles. The first-order valence-electron chi connectivity index (χ1n) is 11.7. The molecule has 1 aromatic heterocycles. The van der Waals surface area contributed by atoms with Crippen molar-refractivity contribution in [2.45, 2.75) is 36.8 Å². The Morgan fingerprint density at radius 2 is 1.51 bits per heavy atom. The van der Waals surface area contributed by atoms with Crippen molar-refractivity contribution >= 4 is 17.9 Å². The van der Waals surface area contributed by atoms with Crippen molar-refractivity contribution in [3.05, 3.63) is 89.0 Å². The van der Waals surface area contributed by atoms with E-state index in [9.17, 15) is 27.6 Å². The highest BCUT2D eigenvalue weighted by Crippen LogP contribution is 2.39. The molecular weight excluding hydrogens is 523 g/mol. The van der Waals surface area contributed by atoms with Gasteiger partial charge in [-0.25, -0.2) is 18.0 Å². The average molecular weight is 550 g/mol. The van der Waals surface area contributed by atoms with Crippen molar-refractivity contribution < 1.29 is 48.0 Å². The van der Waals surface area contributed by atoms with Crippen molar-refractivity contribution in [3.8, 4) is 0 Å². The molecule has 0 spiro atoms. The summed E-state index contributed by atoms with van der Waals surface area (Å²) in [6, 6.07) is 12.5. The van der Waals surface area contributed by atoms with Gasteiger partial charge in [0.15, 0.2) is 17.2 Å². The minimum Gasteiger partial charge on any atom is -0.481 e. The maximum atomic E-state index is 13.5. The monoisotopic (exact) mass is 549 g/mol. The predicted octanol–water partition coefficient (Wildman–Crippen LogP) is 2.96. The summed E-state index contributed by atoms with van der Waals surface area (Å²) in [5.41, 5.74) is 0.0652. The number of benzene rings is 2. The molecule has 2 heterocycles. The fourth-order valence-corrected chi connectivity index (χ4v) is 4.46. The fourth-order valence-electron chi connectivity index (χ4n) is 4.46. The molecule has 13 heteroatoms. The number of halogens is 3. The summed E-state index contributed by atoms with van der Waals surface area (Å²) >= 11 is 0. The molecule has 1 aliphatic heterocycles. The number of carboxylic acid groups (broad SMARTS) is 3. The zero-order chi connectivity index (χ0) is 28.7. The molecule has 10 nitrogen and oxygen atoms in total. The van der Waals surface area contributed by atoms with Crippen LogP contribution in [0.2, 0.25) is 0 Å². The van der Waals surface area contributed by atoms with E-state index in [1.807, 2.05) is 18.2 Å². The molecule has 1 saturated heterocycles. The number of nitrogens with zero attached hydrogens (tertiary/aromatic N) is 2. The predicted molar refractivity (Wildman–Crippen MR) is 129 cm³/mol. The van der Waals surface area contributed by atoms with Gasteiger partial charge in [-0.15, -0.1) is 0 Å². The lowest BCUT2D eigenvalue weighted by molar-refractivity contribution is -0.170. The lowest BCUT2D eigenvalue weighted by Gasteiger charge is -2.18. The largest absolute Gasteiger partial charge is 0.481 e. The summed E-state index contributed by atoms with van der Waals surface area (Å²) in [5, 5.41) is 40.9. The Kier molecular flexibility index (Phi) is 9.43. The molecule has 1 aliphatic rings. The molecule has 3 aromatic rings. The van der Waals surface area contributed by atoms with E-state index >= 15 is 0 Å². The third kappa shape index (κ3) is 7.88. The van der Waals surface area contributed by atoms with Crippen LogP contribution in [0.3, 0.4) is 0 Å². The highest BCUT2D eigenvalue weighted by molar-refractivity contribution is 5.88. The molecule has 208 valence electrons. The maximum absolute atomic E-state index is 13.5. The highest BCUT2D eigenvalue weighted by Gasteiger charge is 2.41. The summed E-state index contributed by atoms with van der Waals surface area (Å²) in [6.45, 7) is 2.02. The number of aliphatic carboxylic acids is 3. The van der Waals surface area contributed by atoms with E-state index in [-0.39, 0.29) is 17.7 Å². The van der Waals surface area contributed by atoms with Crippen LogP contribution >= 0.6 is 0 Å². The molecular formula is C26H26F3N3O7. The van der Waals surface area contributed by atoms with Gasteiger partial charge in [0.1, 0.15) is 5.82 Å². The van der Waals surface area contributed by atoms with Crippen molar-refractivity contribution in [1.29, 1.82) is 0 Å². The summed E-state index contributed by atoms with van der Waals surface area (Å²) in [4.78, 5) is 32.7. The van der Waals surface area contributed by atoms with Gasteiger partial charge in [0.05, 0.1) is 12.8 Å². The van der Waals surface area contributed by atoms with Gasteiger partial charge in [0.2, 0.25) is 0 Å². The lowest BCUT2D eigenvalue weighted by Crippen LogP contribution is -2.42. The van der Waals surface area contributed by atoms with Crippen LogP contribution < -0.4 is 0 Å². The zero-order valence-electron chi connectivity index (χ0n) is 20.4. The maximum Gasteiger partial charge on any atom is 0.336 e. The second kappa shape index (κ2) is 12.5. The van der Waals surface area contributed by atoms with Gasteiger partial charge in [-0.1, -0.05) is 18.2 Å². The number of H-pyrrole nitrogens is 1. The van der Waals surface area contributed by atoms with Crippen molar-refractivity contribution in [2.24, 2.45) is 0 Å². The number of aliphatic hydroxyl groups is 1. The van der Waals surface area contributed by atoms with E-state index < -0.39 is 48.0 Å².